The largest absolute Gasteiger partial charge is 0.434 e. The van der Waals surface area contributed by atoms with Crippen molar-refractivity contribution in [3.63, 3.8) is 0 Å². The Labute approximate surface area is 106 Å². The number of nitrogens with two attached hydrogens (primary N) is 1. The fourth-order valence-electron chi connectivity index (χ4n) is 1.25. The first-order valence-electron chi connectivity index (χ1n) is 4.84. The summed E-state index contributed by atoms with van der Waals surface area (Å²) in [6, 6.07) is 6.18. The summed E-state index contributed by atoms with van der Waals surface area (Å²) < 4.78 is 19.5. The summed E-state index contributed by atoms with van der Waals surface area (Å²) in [5, 5.41) is 7.45. The van der Waals surface area contributed by atoms with Gasteiger partial charge in [0, 0.05) is 16.6 Å². The zero-order valence-electron chi connectivity index (χ0n) is 8.73. The number of rotatable bonds is 3. The van der Waals surface area contributed by atoms with E-state index in [1.165, 1.54) is 18.3 Å². The topological polar surface area (TPSA) is 61.0 Å². The molecule has 2 rings (SSSR count). The van der Waals surface area contributed by atoms with Gasteiger partial charge in [-0.1, -0.05) is 15.9 Å². The lowest BCUT2D eigenvalue weighted by Gasteiger charge is -2.08. The molecule has 2 aromatic rings. The zero-order valence-corrected chi connectivity index (χ0v) is 10.3. The summed E-state index contributed by atoms with van der Waals surface area (Å²) in [6.45, 7) is 0.253. The van der Waals surface area contributed by atoms with E-state index < -0.39 is 5.82 Å². The first-order valence-corrected chi connectivity index (χ1v) is 5.63. The van der Waals surface area contributed by atoms with Crippen molar-refractivity contribution >= 4 is 15.9 Å². The second-order valence-corrected chi connectivity index (χ2v) is 4.16. The van der Waals surface area contributed by atoms with Crippen molar-refractivity contribution < 1.29 is 9.13 Å². The van der Waals surface area contributed by atoms with E-state index in [0.29, 0.717) is 10.0 Å². The lowest BCUT2D eigenvalue weighted by Crippen LogP contribution is -2.02. The van der Waals surface area contributed by atoms with Gasteiger partial charge in [0.25, 0.3) is 0 Å². The molecule has 0 fully saturated rings. The molecule has 17 heavy (non-hydrogen) atoms. The van der Waals surface area contributed by atoms with Crippen LogP contribution in [0, 0.1) is 5.82 Å². The molecule has 0 unspecified atom stereocenters. The quantitative estimate of drug-likeness (QED) is 0.946. The molecular weight excluding hydrogens is 289 g/mol. The van der Waals surface area contributed by atoms with Crippen LogP contribution in [0.2, 0.25) is 0 Å². The third-order valence-electron chi connectivity index (χ3n) is 2.09. The van der Waals surface area contributed by atoms with Gasteiger partial charge >= 0.3 is 0 Å². The van der Waals surface area contributed by atoms with Crippen LogP contribution in [0.1, 0.15) is 5.56 Å². The highest BCUT2D eigenvalue weighted by Crippen LogP contribution is 2.26. The number of hydrogen-bond donors (Lipinski definition) is 1. The number of aromatic nitrogens is 2. The molecule has 0 spiro atoms. The highest BCUT2D eigenvalue weighted by atomic mass is 79.9. The monoisotopic (exact) mass is 297 g/mol. The molecule has 0 aliphatic heterocycles. The predicted molar refractivity (Wildman–Crippen MR) is 64.1 cm³/mol. The van der Waals surface area contributed by atoms with E-state index in [0.717, 1.165) is 0 Å². The van der Waals surface area contributed by atoms with Crippen LogP contribution in [-0.4, -0.2) is 10.2 Å². The van der Waals surface area contributed by atoms with Crippen LogP contribution in [0.3, 0.4) is 0 Å². The Morgan fingerprint density at radius 2 is 2.18 bits per heavy atom. The van der Waals surface area contributed by atoms with Crippen molar-refractivity contribution in [3.8, 4) is 11.6 Å². The molecule has 0 amide bonds. The van der Waals surface area contributed by atoms with Crippen molar-refractivity contribution in [3.05, 3.63) is 46.3 Å². The highest BCUT2D eigenvalue weighted by Gasteiger charge is 2.09. The summed E-state index contributed by atoms with van der Waals surface area (Å²) >= 11 is 3.17. The highest BCUT2D eigenvalue weighted by molar-refractivity contribution is 9.10. The molecule has 0 saturated carbocycles. The summed E-state index contributed by atoms with van der Waals surface area (Å²) in [5.74, 6) is -0.173. The molecule has 2 N–H and O–H groups in total. The third-order valence-corrected chi connectivity index (χ3v) is 2.58. The third kappa shape index (κ3) is 2.78. The van der Waals surface area contributed by atoms with Crippen LogP contribution in [0.15, 0.2) is 34.9 Å². The smallest absolute Gasteiger partial charge is 0.243 e. The van der Waals surface area contributed by atoms with Crippen LogP contribution in [0.5, 0.6) is 11.6 Å². The van der Waals surface area contributed by atoms with E-state index in [2.05, 4.69) is 26.1 Å². The van der Waals surface area contributed by atoms with Crippen LogP contribution in [-0.2, 0) is 6.54 Å². The standard InChI is InChI=1S/C11H9BrFN3O/c12-8-1-2-10(9(13)5-8)17-11-7(6-14)3-4-15-16-11/h1-5H,6,14H2. The molecule has 0 atom stereocenters. The molecule has 0 aliphatic carbocycles. The molecule has 1 aromatic carbocycles. The van der Waals surface area contributed by atoms with Gasteiger partial charge in [0.15, 0.2) is 11.6 Å². The first-order chi connectivity index (χ1) is 8.20. The Hall–Kier alpha value is -1.53. The molecular formula is C11H9BrFN3O. The molecule has 1 aromatic heterocycles. The minimum absolute atomic E-state index is 0.0865. The van der Waals surface area contributed by atoms with Gasteiger partial charge < -0.3 is 10.5 Å². The second kappa shape index (κ2) is 5.20. The van der Waals surface area contributed by atoms with Crippen LogP contribution in [0.4, 0.5) is 4.39 Å². The molecule has 6 heteroatoms. The van der Waals surface area contributed by atoms with Crippen molar-refractivity contribution in [1.29, 1.82) is 0 Å². The maximum Gasteiger partial charge on any atom is 0.243 e. The number of ether oxygens (including phenoxy) is 1. The van der Waals surface area contributed by atoms with Crippen molar-refractivity contribution in [2.24, 2.45) is 5.73 Å². The van der Waals surface area contributed by atoms with Gasteiger partial charge in [-0.25, -0.2) is 4.39 Å². The predicted octanol–water partition coefficient (Wildman–Crippen LogP) is 2.63. The Bertz CT molecular complexity index is 536. The molecule has 0 radical (unpaired) electrons. The Morgan fingerprint density at radius 3 is 2.88 bits per heavy atom. The molecule has 88 valence electrons. The van der Waals surface area contributed by atoms with Gasteiger partial charge in [-0.15, -0.1) is 5.10 Å². The van der Waals surface area contributed by atoms with Crippen LogP contribution >= 0.6 is 15.9 Å². The number of benzene rings is 1. The van der Waals surface area contributed by atoms with Gasteiger partial charge in [-0.05, 0) is 24.3 Å². The molecule has 1 heterocycles. The minimum atomic E-state index is -0.479. The number of nitrogens with zero attached hydrogens (tertiary/aromatic N) is 2. The number of hydrogen-bond acceptors (Lipinski definition) is 4. The SMILES string of the molecule is NCc1ccnnc1Oc1ccc(Br)cc1F. The Kier molecular flexibility index (Phi) is 3.65. The molecule has 0 aliphatic rings. The summed E-state index contributed by atoms with van der Waals surface area (Å²) in [6.07, 6.45) is 1.51. The zero-order chi connectivity index (χ0) is 12.3. The fraction of sp³-hybridized carbons (Fsp3) is 0.0909. The average molecular weight is 298 g/mol. The minimum Gasteiger partial charge on any atom is -0.434 e. The van der Waals surface area contributed by atoms with E-state index in [1.54, 1.807) is 12.1 Å². The number of halogens is 2. The van der Waals surface area contributed by atoms with E-state index in [4.69, 9.17) is 10.5 Å². The van der Waals surface area contributed by atoms with Crippen molar-refractivity contribution in [2.75, 3.05) is 0 Å². The summed E-state index contributed by atoms with van der Waals surface area (Å²) in [4.78, 5) is 0. The maximum atomic E-state index is 13.5. The lowest BCUT2D eigenvalue weighted by atomic mass is 10.3. The fourth-order valence-corrected chi connectivity index (χ4v) is 1.58. The molecule has 0 saturated heterocycles. The average Bonchev–Trinajstić information content (AvgIpc) is 2.33. The van der Waals surface area contributed by atoms with Crippen molar-refractivity contribution in [2.45, 2.75) is 6.54 Å². The van der Waals surface area contributed by atoms with Gasteiger partial charge in [0.2, 0.25) is 5.88 Å². The second-order valence-electron chi connectivity index (χ2n) is 3.24. The normalized spacial score (nSPS) is 10.3. The Balaban J connectivity index is 2.31. The van der Waals surface area contributed by atoms with Gasteiger partial charge in [-0.3, -0.25) is 0 Å². The van der Waals surface area contributed by atoms with Gasteiger partial charge in [-0.2, -0.15) is 5.10 Å². The van der Waals surface area contributed by atoms with Crippen LogP contribution in [0.25, 0.3) is 0 Å². The first kappa shape index (κ1) is 11.9. The summed E-state index contributed by atoms with van der Waals surface area (Å²) in [5.41, 5.74) is 6.19. The van der Waals surface area contributed by atoms with E-state index in [9.17, 15) is 4.39 Å². The summed E-state index contributed by atoms with van der Waals surface area (Å²) in [7, 11) is 0. The van der Waals surface area contributed by atoms with Gasteiger partial charge in [0.1, 0.15) is 0 Å². The van der Waals surface area contributed by atoms with Gasteiger partial charge in [0.05, 0.1) is 6.20 Å². The lowest BCUT2D eigenvalue weighted by molar-refractivity contribution is 0.416. The van der Waals surface area contributed by atoms with E-state index in [-0.39, 0.29) is 18.2 Å². The Morgan fingerprint density at radius 1 is 1.35 bits per heavy atom. The van der Waals surface area contributed by atoms with Crippen molar-refractivity contribution in [1.82, 2.24) is 10.2 Å². The van der Waals surface area contributed by atoms with E-state index in [1.807, 2.05) is 0 Å². The maximum absolute atomic E-state index is 13.5. The molecule has 0 bridgehead atoms. The van der Waals surface area contributed by atoms with Crippen LogP contribution < -0.4 is 10.5 Å². The molecule has 4 nitrogen and oxygen atoms in total. The van der Waals surface area contributed by atoms with E-state index >= 15 is 0 Å².